The van der Waals surface area contributed by atoms with Gasteiger partial charge in [0.2, 0.25) is 0 Å². The number of benzene rings is 2. The first-order chi connectivity index (χ1) is 12.6. The summed E-state index contributed by atoms with van der Waals surface area (Å²) >= 11 is 0. The summed E-state index contributed by atoms with van der Waals surface area (Å²) in [4.78, 5) is 33.9. The SMILES string of the molecule is C[C@H](OC(=O)c1ccc([N+](=O)[O-])cc1)C(=O)Nc1ccc(C(F)(F)F)cc1. The third-order valence-corrected chi connectivity index (χ3v) is 3.45. The summed E-state index contributed by atoms with van der Waals surface area (Å²) in [5.41, 5.74) is -0.959. The Labute approximate surface area is 150 Å². The Hall–Kier alpha value is -3.43. The Morgan fingerprint density at radius 3 is 2.11 bits per heavy atom. The molecule has 0 saturated carbocycles. The van der Waals surface area contributed by atoms with Crippen molar-refractivity contribution in [1.82, 2.24) is 0 Å². The number of carbonyl (C=O) groups is 2. The molecule has 0 aliphatic heterocycles. The molecule has 0 heterocycles. The number of rotatable bonds is 5. The van der Waals surface area contributed by atoms with Gasteiger partial charge in [-0.2, -0.15) is 13.2 Å². The van der Waals surface area contributed by atoms with Crippen molar-refractivity contribution in [2.45, 2.75) is 19.2 Å². The molecule has 2 aromatic carbocycles. The molecule has 1 atom stereocenters. The third kappa shape index (κ3) is 5.27. The lowest BCUT2D eigenvalue weighted by Gasteiger charge is -2.14. The second kappa shape index (κ2) is 7.85. The lowest BCUT2D eigenvalue weighted by Crippen LogP contribution is -2.30. The van der Waals surface area contributed by atoms with Gasteiger partial charge in [0.25, 0.3) is 11.6 Å². The fourth-order valence-corrected chi connectivity index (χ4v) is 1.99. The van der Waals surface area contributed by atoms with Crippen LogP contribution in [0, 0.1) is 10.1 Å². The quantitative estimate of drug-likeness (QED) is 0.482. The van der Waals surface area contributed by atoms with Gasteiger partial charge in [0.15, 0.2) is 6.10 Å². The highest BCUT2D eigenvalue weighted by Gasteiger charge is 2.30. The van der Waals surface area contributed by atoms with Crippen molar-refractivity contribution < 1.29 is 32.4 Å². The van der Waals surface area contributed by atoms with Gasteiger partial charge in [0.1, 0.15) is 0 Å². The minimum absolute atomic E-state index is 0.00906. The number of nitro groups is 1. The number of nitrogens with one attached hydrogen (secondary N) is 1. The number of hydrogen-bond acceptors (Lipinski definition) is 5. The van der Waals surface area contributed by atoms with Crippen molar-refractivity contribution in [2.24, 2.45) is 0 Å². The summed E-state index contributed by atoms with van der Waals surface area (Å²) in [6, 6.07) is 8.36. The standard InChI is InChI=1S/C17H13F3N2O5/c1-10(27-16(24)11-2-8-14(9-3-11)22(25)26)15(23)21-13-6-4-12(5-7-13)17(18,19)20/h2-10H,1H3,(H,21,23)/t10-/m0/s1. The Bertz CT molecular complexity index is 848. The number of carbonyl (C=O) groups excluding carboxylic acids is 2. The van der Waals surface area contributed by atoms with E-state index in [0.717, 1.165) is 36.4 Å². The van der Waals surface area contributed by atoms with Gasteiger partial charge in [-0.1, -0.05) is 0 Å². The largest absolute Gasteiger partial charge is 0.449 e. The van der Waals surface area contributed by atoms with Crippen molar-refractivity contribution in [3.63, 3.8) is 0 Å². The number of nitro benzene ring substituents is 1. The highest BCUT2D eigenvalue weighted by Crippen LogP contribution is 2.29. The molecule has 1 N–H and O–H groups in total. The minimum atomic E-state index is -4.49. The fourth-order valence-electron chi connectivity index (χ4n) is 1.99. The number of alkyl halides is 3. The number of nitrogens with zero attached hydrogens (tertiary/aromatic N) is 1. The van der Waals surface area contributed by atoms with Crippen LogP contribution in [0.3, 0.4) is 0 Å². The summed E-state index contributed by atoms with van der Waals surface area (Å²) < 4.78 is 42.5. The van der Waals surface area contributed by atoms with E-state index in [0.29, 0.717) is 0 Å². The number of halogens is 3. The van der Waals surface area contributed by atoms with Crippen LogP contribution >= 0.6 is 0 Å². The Balaban J connectivity index is 1.96. The Morgan fingerprint density at radius 2 is 1.63 bits per heavy atom. The molecule has 0 aliphatic rings. The van der Waals surface area contributed by atoms with Gasteiger partial charge >= 0.3 is 12.1 Å². The molecule has 0 aromatic heterocycles. The number of amides is 1. The predicted octanol–water partition coefficient (Wildman–Crippen LogP) is 3.80. The van der Waals surface area contributed by atoms with Gasteiger partial charge < -0.3 is 10.1 Å². The monoisotopic (exact) mass is 382 g/mol. The van der Waals surface area contributed by atoms with Crippen LogP contribution in [-0.4, -0.2) is 22.9 Å². The van der Waals surface area contributed by atoms with E-state index in [4.69, 9.17) is 4.74 Å². The summed E-state index contributed by atoms with van der Waals surface area (Å²) in [5.74, 6) is -1.62. The van der Waals surface area contributed by atoms with Crippen LogP contribution in [0.15, 0.2) is 48.5 Å². The summed E-state index contributed by atoms with van der Waals surface area (Å²) in [5, 5.41) is 12.9. The Morgan fingerprint density at radius 1 is 1.07 bits per heavy atom. The number of ether oxygens (including phenoxy) is 1. The van der Waals surface area contributed by atoms with E-state index in [1.54, 1.807) is 0 Å². The van der Waals surface area contributed by atoms with Gasteiger partial charge in [0.05, 0.1) is 16.1 Å². The van der Waals surface area contributed by atoms with Crippen molar-refractivity contribution in [1.29, 1.82) is 0 Å². The number of non-ortho nitro benzene ring substituents is 1. The van der Waals surface area contributed by atoms with Crippen LogP contribution in [0.1, 0.15) is 22.8 Å². The lowest BCUT2D eigenvalue weighted by atomic mass is 10.2. The summed E-state index contributed by atoms with van der Waals surface area (Å²) in [6.07, 6.45) is -5.73. The first-order valence-corrected chi connectivity index (χ1v) is 7.51. The van der Waals surface area contributed by atoms with E-state index in [1.807, 2.05) is 0 Å². The smallest absolute Gasteiger partial charge is 0.416 e. The molecule has 0 bridgehead atoms. The fraction of sp³-hybridized carbons (Fsp3) is 0.176. The topological polar surface area (TPSA) is 98.5 Å². The first-order valence-electron chi connectivity index (χ1n) is 7.51. The summed E-state index contributed by atoms with van der Waals surface area (Å²) in [6.45, 7) is 1.28. The van der Waals surface area contributed by atoms with Gasteiger partial charge in [0, 0.05) is 17.8 Å². The maximum absolute atomic E-state index is 12.5. The van der Waals surface area contributed by atoms with E-state index in [2.05, 4.69) is 5.32 Å². The summed E-state index contributed by atoms with van der Waals surface area (Å²) in [7, 11) is 0. The highest BCUT2D eigenvalue weighted by molar-refractivity contribution is 5.97. The van der Waals surface area contributed by atoms with Crippen molar-refractivity contribution in [2.75, 3.05) is 5.32 Å². The minimum Gasteiger partial charge on any atom is -0.449 e. The van der Waals surface area contributed by atoms with Crippen LogP contribution < -0.4 is 5.32 Å². The molecule has 0 fully saturated rings. The normalized spacial score (nSPS) is 12.1. The zero-order valence-corrected chi connectivity index (χ0v) is 13.8. The molecule has 2 aromatic rings. The van der Waals surface area contributed by atoms with E-state index >= 15 is 0 Å². The van der Waals surface area contributed by atoms with Crippen LogP contribution in [0.4, 0.5) is 24.5 Å². The second-order valence-corrected chi connectivity index (χ2v) is 5.42. The molecule has 0 spiro atoms. The molecule has 2 rings (SSSR count). The predicted molar refractivity (Wildman–Crippen MR) is 88.0 cm³/mol. The first kappa shape index (κ1) is 19.9. The molecule has 0 radical (unpaired) electrons. The molecule has 7 nitrogen and oxygen atoms in total. The third-order valence-electron chi connectivity index (χ3n) is 3.45. The van der Waals surface area contributed by atoms with E-state index < -0.39 is 34.6 Å². The van der Waals surface area contributed by atoms with Crippen LogP contribution in [-0.2, 0) is 15.7 Å². The second-order valence-electron chi connectivity index (χ2n) is 5.42. The molecule has 10 heteroatoms. The van der Waals surface area contributed by atoms with Crippen molar-refractivity contribution in [3.05, 3.63) is 69.8 Å². The van der Waals surface area contributed by atoms with Crippen molar-refractivity contribution >= 4 is 23.3 Å². The van der Waals surface area contributed by atoms with E-state index in [-0.39, 0.29) is 16.9 Å². The maximum atomic E-state index is 12.5. The molecule has 142 valence electrons. The van der Waals surface area contributed by atoms with Crippen molar-refractivity contribution in [3.8, 4) is 0 Å². The molecule has 0 aliphatic carbocycles. The highest BCUT2D eigenvalue weighted by atomic mass is 19.4. The average Bonchev–Trinajstić information content (AvgIpc) is 2.61. The molecular weight excluding hydrogens is 369 g/mol. The number of anilines is 1. The molecular formula is C17H13F3N2O5. The molecule has 0 unspecified atom stereocenters. The number of hydrogen-bond donors (Lipinski definition) is 1. The molecule has 27 heavy (non-hydrogen) atoms. The Kier molecular flexibility index (Phi) is 5.78. The van der Waals surface area contributed by atoms with Crippen LogP contribution in [0.25, 0.3) is 0 Å². The van der Waals surface area contributed by atoms with Gasteiger partial charge in [-0.05, 0) is 43.3 Å². The zero-order chi connectivity index (χ0) is 20.2. The number of esters is 1. The van der Waals surface area contributed by atoms with Crippen LogP contribution in [0.5, 0.6) is 0 Å². The maximum Gasteiger partial charge on any atom is 0.416 e. The van der Waals surface area contributed by atoms with Crippen LogP contribution in [0.2, 0.25) is 0 Å². The van der Waals surface area contributed by atoms with Gasteiger partial charge in [-0.15, -0.1) is 0 Å². The molecule has 0 saturated heterocycles. The zero-order valence-electron chi connectivity index (χ0n) is 13.8. The van der Waals surface area contributed by atoms with Gasteiger partial charge in [-0.3, -0.25) is 14.9 Å². The lowest BCUT2D eigenvalue weighted by molar-refractivity contribution is -0.384. The van der Waals surface area contributed by atoms with E-state index in [9.17, 15) is 32.9 Å². The average molecular weight is 382 g/mol. The van der Waals surface area contributed by atoms with Gasteiger partial charge in [-0.25, -0.2) is 4.79 Å². The molecule has 1 amide bonds. The van der Waals surface area contributed by atoms with E-state index in [1.165, 1.54) is 19.1 Å².